The molecule has 178 valence electrons. The maximum absolute atomic E-state index is 13.4. The van der Waals surface area contributed by atoms with E-state index in [4.69, 9.17) is 4.98 Å². The lowest BCUT2D eigenvalue weighted by molar-refractivity contribution is -0.140. The zero-order valence-electron chi connectivity index (χ0n) is 18.2. The summed E-state index contributed by atoms with van der Waals surface area (Å²) in [4.78, 5) is 17.5. The van der Waals surface area contributed by atoms with E-state index in [1.54, 1.807) is 12.4 Å². The highest BCUT2D eigenvalue weighted by molar-refractivity contribution is 7.08. The maximum Gasteiger partial charge on any atom is 0.433 e. The Hall–Kier alpha value is -2.75. The molecule has 5 nitrogen and oxygen atoms in total. The van der Waals surface area contributed by atoms with Crippen molar-refractivity contribution in [2.24, 2.45) is 0 Å². The van der Waals surface area contributed by atoms with Crippen LogP contribution >= 0.6 is 23.7 Å². The van der Waals surface area contributed by atoms with Crippen molar-refractivity contribution >= 4 is 40.5 Å². The smallest absolute Gasteiger partial charge is 0.355 e. The molecule has 0 bridgehead atoms. The summed E-state index contributed by atoms with van der Waals surface area (Å²) in [5.41, 5.74) is 2.06. The number of rotatable bonds is 4. The molecule has 5 heterocycles. The van der Waals surface area contributed by atoms with Crippen LogP contribution in [0.5, 0.6) is 0 Å². The van der Waals surface area contributed by atoms with Gasteiger partial charge in [-0.1, -0.05) is 6.07 Å². The monoisotopic (exact) mass is 505 g/mol. The van der Waals surface area contributed by atoms with Crippen LogP contribution in [0.1, 0.15) is 17.7 Å². The Morgan fingerprint density at radius 3 is 2.62 bits per heavy atom. The zero-order chi connectivity index (χ0) is 22.8. The van der Waals surface area contributed by atoms with Crippen LogP contribution in [0.4, 0.5) is 19.0 Å². The van der Waals surface area contributed by atoms with E-state index in [0.29, 0.717) is 22.3 Å². The normalized spacial score (nSPS) is 15.2. The van der Waals surface area contributed by atoms with Gasteiger partial charge in [-0.3, -0.25) is 9.88 Å². The molecule has 0 amide bonds. The Labute approximate surface area is 205 Å². The van der Waals surface area contributed by atoms with Gasteiger partial charge in [0, 0.05) is 62.3 Å². The summed E-state index contributed by atoms with van der Waals surface area (Å²) in [6, 6.07) is 8.45. The summed E-state index contributed by atoms with van der Waals surface area (Å²) >= 11 is 1.49. The van der Waals surface area contributed by atoms with Gasteiger partial charge in [0.1, 0.15) is 11.5 Å². The standard InChI is InChI=1S/C24H22F3N5S.ClH/c25-24(26,27)21-5-4-19-22(30-21)20(18-6-12-33-16-18)14-29-23(19)32-9-2-8-31(10-11-32)15-17-3-1-7-28-13-17;/h1,3-7,12-14,16H,2,8-11,15H2;1H. The highest BCUT2D eigenvalue weighted by Gasteiger charge is 2.33. The van der Waals surface area contributed by atoms with Crippen molar-refractivity contribution in [2.45, 2.75) is 19.1 Å². The number of hydrogen-bond donors (Lipinski definition) is 0. The molecular formula is C24H23ClF3N5S. The second-order valence-electron chi connectivity index (χ2n) is 8.08. The topological polar surface area (TPSA) is 45.2 Å². The number of anilines is 1. The van der Waals surface area contributed by atoms with Crippen LogP contribution in [0.2, 0.25) is 0 Å². The molecule has 0 N–H and O–H groups in total. The summed E-state index contributed by atoms with van der Waals surface area (Å²) in [5.74, 6) is 0.688. The summed E-state index contributed by atoms with van der Waals surface area (Å²) in [6.45, 7) is 4.11. The van der Waals surface area contributed by atoms with E-state index < -0.39 is 11.9 Å². The van der Waals surface area contributed by atoms with Crippen molar-refractivity contribution in [3.05, 3.63) is 70.9 Å². The highest BCUT2D eigenvalue weighted by Crippen LogP contribution is 2.36. The Morgan fingerprint density at radius 1 is 1.00 bits per heavy atom. The lowest BCUT2D eigenvalue weighted by Gasteiger charge is -2.24. The van der Waals surface area contributed by atoms with Gasteiger partial charge in [-0.2, -0.15) is 24.5 Å². The Kier molecular flexibility index (Phi) is 7.35. The van der Waals surface area contributed by atoms with Gasteiger partial charge in [0.05, 0.1) is 5.52 Å². The van der Waals surface area contributed by atoms with Crippen LogP contribution in [0.25, 0.3) is 22.0 Å². The molecule has 1 fully saturated rings. The molecule has 0 spiro atoms. The minimum Gasteiger partial charge on any atom is -0.355 e. The van der Waals surface area contributed by atoms with E-state index >= 15 is 0 Å². The molecule has 0 aliphatic carbocycles. The molecule has 0 aromatic carbocycles. The van der Waals surface area contributed by atoms with E-state index in [1.807, 2.05) is 29.1 Å². The molecule has 0 unspecified atom stereocenters. The number of pyridine rings is 3. The van der Waals surface area contributed by atoms with Gasteiger partial charge in [0.15, 0.2) is 0 Å². The summed E-state index contributed by atoms with van der Waals surface area (Å²) < 4.78 is 40.3. The summed E-state index contributed by atoms with van der Waals surface area (Å²) in [7, 11) is 0. The lowest BCUT2D eigenvalue weighted by atomic mass is 10.1. The summed E-state index contributed by atoms with van der Waals surface area (Å²) in [5, 5.41) is 4.45. The van der Waals surface area contributed by atoms with Crippen molar-refractivity contribution in [3.63, 3.8) is 0 Å². The molecule has 1 aliphatic heterocycles. The molecule has 0 atom stereocenters. The fourth-order valence-electron chi connectivity index (χ4n) is 4.23. The molecule has 0 saturated carbocycles. The number of alkyl halides is 3. The van der Waals surface area contributed by atoms with Gasteiger partial charge in [-0.15, -0.1) is 12.4 Å². The predicted octanol–water partition coefficient (Wildman–Crippen LogP) is 5.91. The van der Waals surface area contributed by atoms with Crippen molar-refractivity contribution in [2.75, 3.05) is 31.1 Å². The Bertz CT molecular complexity index is 1230. The Balaban J connectivity index is 0.00000274. The van der Waals surface area contributed by atoms with Crippen LogP contribution in [0.15, 0.2) is 59.7 Å². The third kappa shape index (κ3) is 5.16. The van der Waals surface area contributed by atoms with E-state index in [0.717, 1.165) is 50.8 Å². The SMILES string of the molecule is Cl.FC(F)(F)c1ccc2c(N3CCCN(Cc4cccnc4)CC3)ncc(-c3ccsc3)c2n1. The van der Waals surface area contributed by atoms with Gasteiger partial charge in [0.25, 0.3) is 0 Å². The first-order chi connectivity index (χ1) is 16.0. The Morgan fingerprint density at radius 2 is 1.88 bits per heavy atom. The number of halogens is 4. The second-order valence-corrected chi connectivity index (χ2v) is 8.86. The predicted molar refractivity (Wildman–Crippen MR) is 131 cm³/mol. The zero-order valence-corrected chi connectivity index (χ0v) is 19.8. The van der Waals surface area contributed by atoms with Gasteiger partial charge in [0.2, 0.25) is 0 Å². The van der Waals surface area contributed by atoms with Crippen LogP contribution < -0.4 is 4.90 Å². The van der Waals surface area contributed by atoms with Crippen molar-refractivity contribution in [3.8, 4) is 11.1 Å². The van der Waals surface area contributed by atoms with Crippen molar-refractivity contribution in [1.82, 2.24) is 19.9 Å². The molecule has 34 heavy (non-hydrogen) atoms. The second kappa shape index (κ2) is 10.2. The quantitative estimate of drug-likeness (QED) is 0.345. The van der Waals surface area contributed by atoms with Gasteiger partial charge >= 0.3 is 6.18 Å². The molecule has 5 rings (SSSR count). The van der Waals surface area contributed by atoms with E-state index in [2.05, 4.69) is 25.8 Å². The number of aromatic nitrogens is 3. The molecule has 4 aromatic heterocycles. The fourth-order valence-corrected chi connectivity index (χ4v) is 4.89. The highest BCUT2D eigenvalue weighted by atomic mass is 35.5. The van der Waals surface area contributed by atoms with E-state index in [1.165, 1.54) is 23.0 Å². The number of fused-ring (bicyclic) bond motifs is 1. The minimum atomic E-state index is -4.50. The molecule has 1 saturated heterocycles. The van der Waals surface area contributed by atoms with E-state index in [-0.39, 0.29) is 12.4 Å². The van der Waals surface area contributed by atoms with Crippen molar-refractivity contribution < 1.29 is 13.2 Å². The van der Waals surface area contributed by atoms with Crippen LogP contribution in [-0.4, -0.2) is 46.0 Å². The van der Waals surface area contributed by atoms with E-state index in [9.17, 15) is 13.2 Å². The lowest BCUT2D eigenvalue weighted by Crippen LogP contribution is -2.31. The first-order valence-electron chi connectivity index (χ1n) is 10.7. The minimum absolute atomic E-state index is 0. The fraction of sp³-hybridized carbons (Fsp3) is 0.292. The molecule has 1 aliphatic rings. The first-order valence-corrected chi connectivity index (χ1v) is 11.7. The molecule has 10 heteroatoms. The average molecular weight is 506 g/mol. The molecular weight excluding hydrogens is 483 g/mol. The largest absolute Gasteiger partial charge is 0.433 e. The third-order valence-corrected chi connectivity index (χ3v) is 6.53. The maximum atomic E-state index is 13.4. The van der Waals surface area contributed by atoms with Gasteiger partial charge in [-0.05, 0) is 52.6 Å². The number of hydrogen-bond acceptors (Lipinski definition) is 6. The van der Waals surface area contributed by atoms with Crippen LogP contribution in [0.3, 0.4) is 0 Å². The van der Waals surface area contributed by atoms with Crippen LogP contribution in [-0.2, 0) is 12.7 Å². The average Bonchev–Trinajstić information content (AvgIpc) is 3.25. The summed E-state index contributed by atoms with van der Waals surface area (Å²) in [6.07, 6.45) is 1.74. The molecule has 0 radical (unpaired) electrons. The van der Waals surface area contributed by atoms with Crippen molar-refractivity contribution in [1.29, 1.82) is 0 Å². The van der Waals surface area contributed by atoms with Crippen LogP contribution in [0, 0.1) is 0 Å². The first kappa shape index (κ1) is 24.4. The van der Waals surface area contributed by atoms with Gasteiger partial charge < -0.3 is 4.90 Å². The third-order valence-electron chi connectivity index (χ3n) is 5.85. The number of thiophene rings is 1. The molecule has 4 aromatic rings. The number of nitrogens with zero attached hydrogens (tertiary/aromatic N) is 5. The van der Waals surface area contributed by atoms with Gasteiger partial charge in [-0.25, -0.2) is 9.97 Å².